The first-order chi connectivity index (χ1) is 10.2. The van der Waals surface area contributed by atoms with Gasteiger partial charge in [-0.05, 0) is 25.1 Å². The molecular formula is C15H15Cl2N3O. The Morgan fingerprint density at radius 3 is 2.95 bits per heavy atom. The fourth-order valence-electron chi connectivity index (χ4n) is 2.33. The van der Waals surface area contributed by atoms with Gasteiger partial charge in [-0.1, -0.05) is 23.2 Å². The number of hydrogen-bond acceptors (Lipinski definition) is 4. The third-order valence-corrected chi connectivity index (χ3v) is 3.90. The van der Waals surface area contributed by atoms with Crippen LogP contribution >= 0.6 is 23.2 Å². The summed E-state index contributed by atoms with van der Waals surface area (Å²) in [4.78, 5) is 9.26. The molecule has 1 N–H and O–H groups in total. The van der Waals surface area contributed by atoms with Gasteiger partial charge in [0.1, 0.15) is 5.82 Å². The van der Waals surface area contributed by atoms with Crippen LogP contribution in [0.25, 0.3) is 11.4 Å². The lowest BCUT2D eigenvalue weighted by atomic mass is 10.1. The van der Waals surface area contributed by atoms with E-state index in [-0.39, 0.29) is 0 Å². The third-order valence-electron chi connectivity index (χ3n) is 3.34. The molecule has 21 heavy (non-hydrogen) atoms. The molecule has 0 bridgehead atoms. The molecule has 2 heterocycles. The number of benzene rings is 1. The monoisotopic (exact) mass is 323 g/mol. The molecule has 0 fully saturated rings. The molecule has 6 heteroatoms. The summed E-state index contributed by atoms with van der Waals surface area (Å²) < 4.78 is 5.50. The van der Waals surface area contributed by atoms with Crippen molar-refractivity contribution < 1.29 is 4.74 Å². The van der Waals surface area contributed by atoms with Crippen LogP contribution in [0.1, 0.15) is 18.2 Å². The first kappa shape index (κ1) is 14.6. The minimum absolute atomic E-state index is 0.543. The summed E-state index contributed by atoms with van der Waals surface area (Å²) in [5.41, 5.74) is 2.79. The number of hydrogen-bond donors (Lipinski definition) is 1. The Balaban J connectivity index is 2.14. The predicted octanol–water partition coefficient (Wildman–Crippen LogP) is 3.95. The molecule has 2 aromatic rings. The third kappa shape index (κ3) is 2.98. The molecular weight excluding hydrogens is 309 g/mol. The van der Waals surface area contributed by atoms with E-state index in [1.54, 1.807) is 18.2 Å². The van der Waals surface area contributed by atoms with Gasteiger partial charge in [0.05, 0.1) is 23.9 Å². The Kier molecular flexibility index (Phi) is 4.29. The van der Waals surface area contributed by atoms with Gasteiger partial charge in [0, 0.05) is 29.1 Å². The van der Waals surface area contributed by atoms with E-state index < -0.39 is 0 Å². The highest BCUT2D eigenvalue weighted by atomic mass is 35.5. The van der Waals surface area contributed by atoms with Crippen LogP contribution in [-0.4, -0.2) is 23.1 Å². The molecule has 0 spiro atoms. The Morgan fingerprint density at radius 2 is 2.14 bits per heavy atom. The highest BCUT2D eigenvalue weighted by Crippen LogP contribution is 2.31. The number of anilines is 1. The summed E-state index contributed by atoms with van der Waals surface area (Å²) in [5, 5.41) is 4.48. The molecule has 4 nitrogen and oxygen atoms in total. The molecule has 1 aromatic heterocycles. The van der Waals surface area contributed by atoms with Crippen molar-refractivity contribution in [3.63, 3.8) is 0 Å². The van der Waals surface area contributed by atoms with Gasteiger partial charge in [0.2, 0.25) is 0 Å². The van der Waals surface area contributed by atoms with E-state index in [0.29, 0.717) is 29.1 Å². The summed E-state index contributed by atoms with van der Waals surface area (Å²) in [5.74, 6) is 1.41. The lowest BCUT2D eigenvalue weighted by molar-refractivity contribution is 0.109. The van der Waals surface area contributed by atoms with Crippen molar-refractivity contribution in [2.75, 3.05) is 18.5 Å². The topological polar surface area (TPSA) is 47.0 Å². The summed E-state index contributed by atoms with van der Waals surface area (Å²) in [6.07, 6.45) is 0.779. The second kappa shape index (κ2) is 6.18. The lowest BCUT2D eigenvalue weighted by Gasteiger charge is -2.20. The van der Waals surface area contributed by atoms with E-state index >= 15 is 0 Å². The van der Waals surface area contributed by atoms with E-state index in [2.05, 4.69) is 15.3 Å². The zero-order valence-electron chi connectivity index (χ0n) is 11.6. The first-order valence-corrected chi connectivity index (χ1v) is 7.61. The highest BCUT2D eigenvalue weighted by Gasteiger charge is 2.19. The number of rotatable bonds is 3. The van der Waals surface area contributed by atoms with Crippen LogP contribution in [0.15, 0.2) is 18.2 Å². The van der Waals surface area contributed by atoms with Crippen molar-refractivity contribution in [3.05, 3.63) is 39.5 Å². The number of halogens is 2. The minimum Gasteiger partial charge on any atom is -0.376 e. The van der Waals surface area contributed by atoms with Gasteiger partial charge in [0.25, 0.3) is 0 Å². The van der Waals surface area contributed by atoms with Gasteiger partial charge in [-0.15, -0.1) is 0 Å². The van der Waals surface area contributed by atoms with Gasteiger partial charge in [0.15, 0.2) is 5.82 Å². The van der Waals surface area contributed by atoms with E-state index in [4.69, 9.17) is 27.9 Å². The summed E-state index contributed by atoms with van der Waals surface area (Å²) >= 11 is 12.3. The predicted molar refractivity (Wildman–Crippen MR) is 85.0 cm³/mol. The molecule has 0 saturated heterocycles. The van der Waals surface area contributed by atoms with Gasteiger partial charge >= 0.3 is 0 Å². The van der Waals surface area contributed by atoms with E-state index in [9.17, 15) is 0 Å². The number of aromatic nitrogens is 2. The van der Waals surface area contributed by atoms with Crippen LogP contribution in [0.4, 0.5) is 5.82 Å². The molecule has 0 radical (unpaired) electrons. The molecule has 0 saturated carbocycles. The SMILES string of the molecule is CCNc1nc(-c2cc(Cl)ccc2Cl)nc2c1COCC2. The molecule has 0 atom stereocenters. The van der Waals surface area contributed by atoms with Gasteiger partial charge in [-0.25, -0.2) is 9.97 Å². The number of ether oxygens (including phenoxy) is 1. The van der Waals surface area contributed by atoms with Crippen molar-refractivity contribution in [2.45, 2.75) is 20.0 Å². The molecule has 1 aliphatic heterocycles. The van der Waals surface area contributed by atoms with Crippen LogP contribution in [-0.2, 0) is 17.8 Å². The number of fused-ring (bicyclic) bond motifs is 1. The standard InChI is InChI=1S/C15H15Cl2N3O/c1-2-18-14-11-8-21-6-5-13(11)19-15(20-14)10-7-9(16)3-4-12(10)17/h3-4,7H,2,5-6,8H2,1H3,(H,18,19,20). The number of nitrogens with zero attached hydrogens (tertiary/aromatic N) is 2. The zero-order chi connectivity index (χ0) is 14.8. The van der Waals surface area contributed by atoms with Gasteiger partial charge in [-0.2, -0.15) is 0 Å². The van der Waals surface area contributed by atoms with Crippen molar-refractivity contribution in [1.82, 2.24) is 9.97 Å². The molecule has 3 rings (SSSR count). The van der Waals surface area contributed by atoms with Crippen LogP contribution in [0.3, 0.4) is 0 Å². The second-order valence-electron chi connectivity index (χ2n) is 4.78. The lowest BCUT2D eigenvalue weighted by Crippen LogP contribution is -2.17. The van der Waals surface area contributed by atoms with Crippen LogP contribution in [0.2, 0.25) is 10.0 Å². The van der Waals surface area contributed by atoms with Crippen LogP contribution in [0.5, 0.6) is 0 Å². The van der Waals surface area contributed by atoms with E-state index in [0.717, 1.165) is 35.6 Å². The molecule has 0 amide bonds. The van der Waals surface area contributed by atoms with Crippen LogP contribution in [0, 0.1) is 0 Å². The van der Waals surface area contributed by atoms with Gasteiger partial charge in [-0.3, -0.25) is 0 Å². The molecule has 0 aliphatic carbocycles. The second-order valence-corrected chi connectivity index (χ2v) is 5.62. The molecule has 0 unspecified atom stereocenters. The Labute approximate surface area is 133 Å². The van der Waals surface area contributed by atoms with Crippen molar-refractivity contribution in [3.8, 4) is 11.4 Å². The highest BCUT2D eigenvalue weighted by molar-refractivity contribution is 6.35. The van der Waals surface area contributed by atoms with Crippen LogP contribution < -0.4 is 5.32 Å². The van der Waals surface area contributed by atoms with E-state index in [1.807, 2.05) is 6.92 Å². The Hall–Kier alpha value is -1.36. The molecule has 1 aliphatic rings. The number of nitrogens with one attached hydrogen (secondary N) is 1. The summed E-state index contributed by atoms with van der Waals surface area (Å²) in [7, 11) is 0. The fraction of sp³-hybridized carbons (Fsp3) is 0.333. The average molecular weight is 324 g/mol. The summed E-state index contributed by atoms with van der Waals surface area (Å²) in [6, 6.07) is 5.31. The maximum Gasteiger partial charge on any atom is 0.163 e. The maximum atomic E-state index is 6.26. The van der Waals surface area contributed by atoms with Crippen molar-refractivity contribution in [2.24, 2.45) is 0 Å². The molecule has 110 valence electrons. The smallest absolute Gasteiger partial charge is 0.163 e. The van der Waals surface area contributed by atoms with Crippen molar-refractivity contribution >= 4 is 29.0 Å². The molecule has 1 aromatic carbocycles. The minimum atomic E-state index is 0.543. The first-order valence-electron chi connectivity index (χ1n) is 6.86. The summed E-state index contributed by atoms with van der Waals surface area (Å²) in [6.45, 7) is 4.04. The van der Waals surface area contributed by atoms with Crippen molar-refractivity contribution in [1.29, 1.82) is 0 Å². The normalized spacial score (nSPS) is 13.9. The van der Waals surface area contributed by atoms with Gasteiger partial charge < -0.3 is 10.1 Å². The maximum absolute atomic E-state index is 6.26. The fourth-order valence-corrected chi connectivity index (χ4v) is 2.71. The van der Waals surface area contributed by atoms with E-state index in [1.165, 1.54) is 0 Å². The largest absolute Gasteiger partial charge is 0.376 e. The quantitative estimate of drug-likeness (QED) is 0.928. The Morgan fingerprint density at radius 1 is 1.29 bits per heavy atom. The average Bonchev–Trinajstić information content (AvgIpc) is 2.50. The Bertz CT molecular complexity index is 676. The zero-order valence-corrected chi connectivity index (χ0v) is 13.1.